The quantitative estimate of drug-likeness (QED) is 0.811. The molecule has 0 heterocycles. The van der Waals surface area contributed by atoms with Crippen molar-refractivity contribution in [2.45, 2.75) is 13.0 Å². The van der Waals surface area contributed by atoms with Crippen LogP contribution in [0.25, 0.3) is 0 Å². The van der Waals surface area contributed by atoms with Crippen molar-refractivity contribution in [1.82, 2.24) is 4.90 Å². The molecule has 0 radical (unpaired) electrons. The van der Waals surface area contributed by atoms with Gasteiger partial charge >= 0.3 is 0 Å². The van der Waals surface area contributed by atoms with E-state index >= 15 is 0 Å². The summed E-state index contributed by atoms with van der Waals surface area (Å²) < 4.78 is 5.35. The zero-order chi connectivity index (χ0) is 12.7. The van der Waals surface area contributed by atoms with E-state index in [2.05, 4.69) is 6.07 Å². The number of nitriles is 1. The fraction of sp³-hybridized carbons (Fsp3) is 0.462. The predicted octanol–water partition coefficient (Wildman–Crippen LogP) is 1.57. The van der Waals surface area contributed by atoms with E-state index in [4.69, 9.17) is 15.1 Å². The van der Waals surface area contributed by atoms with Gasteiger partial charge in [0.1, 0.15) is 11.8 Å². The SMILES string of the molecule is CCOc1ccc(C(C#N)N(C)CCO)cc1. The van der Waals surface area contributed by atoms with Crippen molar-refractivity contribution in [3.63, 3.8) is 0 Å². The minimum absolute atomic E-state index is 0.0473. The first kappa shape index (κ1) is 13.5. The molecule has 0 bridgehead atoms. The average molecular weight is 234 g/mol. The lowest BCUT2D eigenvalue weighted by molar-refractivity contribution is 0.203. The van der Waals surface area contributed by atoms with Crippen LogP contribution in [-0.4, -0.2) is 36.8 Å². The number of benzene rings is 1. The van der Waals surface area contributed by atoms with Gasteiger partial charge in [0, 0.05) is 6.54 Å². The molecule has 0 saturated carbocycles. The summed E-state index contributed by atoms with van der Waals surface area (Å²) in [6.07, 6.45) is 0. The summed E-state index contributed by atoms with van der Waals surface area (Å²) in [6.45, 7) is 3.09. The lowest BCUT2D eigenvalue weighted by Gasteiger charge is -2.21. The Kier molecular flexibility index (Phi) is 5.47. The van der Waals surface area contributed by atoms with Gasteiger partial charge in [-0.15, -0.1) is 0 Å². The maximum atomic E-state index is 9.14. The molecule has 1 rings (SSSR count). The molecule has 1 atom stereocenters. The Morgan fingerprint density at radius 2 is 2.06 bits per heavy atom. The van der Waals surface area contributed by atoms with Gasteiger partial charge in [0.05, 0.1) is 19.3 Å². The topological polar surface area (TPSA) is 56.5 Å². The molecule has 0 saturated heterocycles. The number of aliphatic hydroxyl groups is 1. The van der Waals surface area contributed by atoms with E-state index in [0.717, 1.165) is 11.3 Å². The molecule has 1 N–H and O–H groups in total. The molecular formula is C13H18N2O2. The molecule has 1 unspecified atom stereocenters. The van der Waals surface area contributed by atoms with Crippen molar-refractivity contribution in [3.8, 4) is 11.8 Å². The average Bonchev–Trinajstić information content (AvgIpc) is 2.33. The molecule has 0 aliphatic heterocycles. The first-order valence-electron chi connectivity index (χ1n) is 5.66. The van der Waals surface area contributed by atoms with E-state index in [1.54, 1.807) is 0 Å². The van der Waals surface area contributed by atoms with Crippen LogP contribution in [0.2, 0.25) is 0 Å². The van der Waals surface area contributed by atoms with Crippen molar-refractivity contribution >= 4 is 0 Å². The summed E-state index contributed by atoms with van der Waals surface area (Å²) >= 11 is 0. The lowest BCUT2D eigenvalue weighted by atomic mass is 10.1. The summed E-state index contributed by atoms with van der Waals surface area (Å²) in [7, 11) is 1.82. The molecule has 1 aromatic carbocycles. The van der Waals surface area contributed by atoms with E-state index in [1.807, 2.05) is 43.1 Å². The molecule has 17 heavy (non-hydrogen) atoms. The molecule has 4 nitrogen and oxygen atoms in total. The molecule has 0 aliphatic carbocycles. The van der Waals surface area contributed by atoms with Gasteiger partial charge in [0.2, 0.25) is 0 Å². The molecule has 0 amide bonds. The van der Waals surface area contributed by atoms with Crippen molar-refractivity contribution in [3.05, 3.63) is 29.8 Å². The summed E-state index contributed by atoms with van der Waals surface area (Å²) in [4.78, 5) is 1.82. The van der Waals surface area contributed by atoms with Crippen LogP contribution >= 0.6 is 0 Å². The molecular weight excluding hydrogens is 216 g/mol. The molecule has 92 valence electrons. The van der Waals surface area contributed by atoms with Gasteiger partial charge in [-0.3, -0.25) is 4.90 Å². The molecule has 4 heteroatoms. The number of likely N-dealkylation sites (N-methyl/N-ethyl adjacent to an activating group) is 1. The van der Waals surface area contributed by atoms with E-state index < -0.39 is 0 Å². The van der Waals surface area contributed by atoms with Gasteiger partial charge in [-0.2, -0.15) is 5.26 Å². The van der Waals surface area contributed by atoms with Gasteiger partial charge < -0.3 is 9.84 Å². The van der Waals surface area contributed by atoms with Crippen LogP contribution in [0.3, 0.4) is 0 Å². The van der Waals surface area contributed by atoms with Crippen LogP contribution in [-0.2, 0) is 0 Å². The molecule has 0 spiro atoms. The third-order valence-corrected chi connectivity index (χ3v) is 2.52. The summed E-state index contributed by atoms with van der Waals surface area (Å²) in [5, 5.41) is 18.0. The smallest absolute Gasteiger partial charge is 0.123 e. The van der Waals surface area contributed by atoms with Crippen LogP contribution in [0.15, 0.2) is 24.3 Å². The standard InChI is InChI=1S/C13H18N2O2/c1-3-17-12-6-4-11(5-7-12)13(10-14)15(2)8-9-16/h4-7,13,16H,3,8-9H2,1-2H3. The number of ether oxygens (including phenoxy) is 1. The Morgan fingerprint density at radius 3 is 2.53 bits per heavy atom. The summed E-state index contributed by atoms with van der Waals surface area (Å²) in [6, 6.07) is 9.37. The predicted molar refractivity (Wildman–Crippen MR) is 65.7 cm³/mol. The van der Waals surface area contributed by atoms with Crippen LogP contribution < -0.4 is 4.74 Å². The number of aliphatic hydroxyl groups excluding tert-OH is 1. The number of hydrogen-bond acceptors (Lipinski definition) is 4. The van der Waals surface area contributed by atoms with E-state index in [-0.39, 0.29) is 12.6 Å². The third kappa shape index (κ3) is 3.74. The fourth-order valence-corrected chi connectivity index (χ4v) is 1.63. The zero-order valence-corrected chi connectivity index (χ0v) is 10.3. The molecule has 1 aromatic rings. The second kappa shape index (κ2) is 6.89. The highest BCUT2D eigenvalue weighted by Crippen LogP contribution is 2.21. The highest BCUT2D eigenvalue weighted by molar-refractivity contribution is 5.31. The van der Waals surface area contributed by atoms with E-state index in [0.29, 0.717) is 13.2 Å². The number of rotatable bonds is 6. The Morgan fingerprint density at radius 1 is 1.41 bits per heavy atom. The summed E-state index contributed by atoms with van der Waals surface area (Å²) in [5.41, 5.74) is 0.909. The van der Waals surface area contributed by atoms with Crippen LogP contribution in [0.4, 0.5) is 0 Å². The lowest BCUT2D eigenvalue weighted by Crippen LogP contribution is -2.26. The third-order valence-electron chi connectivity index (χ3n) is 2.52. The minimum Gasteiger partial charge on any atom is -0.494 e. The van der Waals surface area contributed by atoms with E-state index in [9.17, 15) is 0 Å². The second-order valence-electron chi connectivity index (χ2n) is 3.74. The normalized spacial score (nSPS) is 12.2. The number of hydrogen-bond donors (Lipinski definition) is 1. The Balaban J connectivity index is 2.79. The van der Waals surface area contributed by atoms with E-state index in [1.165, 1.54) is 0 Å². The largest absolute Gasteiger partial charge is 0.494 e. The maximum absolute atomic E-state index is 9.14. The first-order chi connectivity index (χ1) is 8.22. The molecule has 0 fully saturated rings. The van der Waals surface area contributed by atoms with Crippen LogP contribution in [0.1, 0.15) is 18.5 Å². The highest BCUT2D eigenvalue weighted by atomic mass is 16.5. The molecule has 0 aliphatic rings. The van der Waals surface area contributed by atoms with Crippen molar-refractivity contribution < 1.29 is 9.84 Å². The summed E-state index contributed by atoms with van der Waals surface area (Å²) in [5.74, 6) is 0.803. The fourth-order valence-electron chi connectivity index (χ4n) is 1.63. The number of nitrogens with zero attached hydrogens (tertiary/aromatic N) is 2. The monoisotopic (exact) mass is 234 g/mol. The Bertz CT molecular complexity index is 370. The Hall–Kier alpha value is -1.57. The van der Waals surface area contributed by atoms with Crippen molar-refractivity contribution in [2.24, 2.45) is 0 Å². The molecule has 0 aromatic heterocycles. The zero-order valence-electron chi connectivity index (χ0n) is 10.3. The Labute approximate surface area is 102 Å². The van der Waals surface area contributed by atoms with Gasteiger partial charge in [-0.1, -0.05) is 12.1 Å². The van der Waals surface area contributed by atoms with Crippen LogP contribution in [0.5, 0.6) is 5.75 Å². The first-order valence-corrected chi connectivity index (χ1v) is 5.66. The van der Waals surface area contributed by atoms with Gasteiger partial charge in [0.25, 0.3) is 0 Å². The van der Waals surface area contributed by atoms with Crippen LogP contribution in [0, 0.1) is 11.3 Å². The second-order valence-corrected chi connectivity index (χ2v) is 3.74. The maximum Gasteiger partial charge on any atom is 0.123 e. The van der Waals surface area contributed by atoms with Gasteiger partial charge in [0.15, 0.2) is 0 Å². The van der Waals surface area contributed by atoms with Gasteiger partial charge in [-0.25, -0.2) is 0 Å². The highest BCUT2D eigenvalue weighted by Gasteiger charge is 2.15. The van der Waals surface area contributed by atoms with Gasteiger partial charge in [-0.05, 0) is 31.7 Å². The van der Waals surface area contributed by atoms with Crippen molar-refractivity contribution in [2.75, 3.05) is 26.8 Å². The minimum atomic E-state index is -0.335. The van der Waals surface area contributed by atoms with Crippen molar-refractivity contribution in [1.29, 1.82) is 5.26 Å².